The molecule has 1 aliphatic heterocycles. The largest absolute Gasteiger partial charge is 0.416 e. The summed E-state index contributed by atoms with van der Waals surface area (Å²) in [6, 6.07) is 24.5. The Bertz CT molecular complexity index is 1320. The van der Waals surface area contributed by atoms with Crippen molar-refractivity contribution >= 4 is 30.1 Å². The molecule has 0 spiro atoms. The predicted molar refractivity (Wildman–Crippen MR) is 150 cm³/mol. The molecule has 38 heavy (non-hydrogen) atoms. The van der Waals surface area contributed by atoms with Crippen LogP contribution in [0.1, 0.15) is 65.0 Å². The Morgan fingerprint density at radius 3 is 2.03 bits per heavy atom. The minimum absolute atomic E-state index is 0. The Morgan fingerprint density at radius 1 is 0.842 bits per heavy atom. The SMILES string of the molecule is Cl.N#CC(CCCN1CCC(=C2c3ccccc3C=Cc3ccccc32)CC1)c1cccc(C(F)(F)F)c1. The van der Waals surface area contributed by atoms with Crippen LogP contribution in [0, 0.1) is 11.3 Å². The molecule has 196 valence electrons. The summed E-state index contributed by atoms with van der Waals surface area (Å²) in [6.45, 7) is 2.73. The lowest BCUT2D eigenvalue weighted by atomic mass is 9.86. The van der Waals surface area contributed by atoms with Crippen molar-refractivity contribution in [3.8, 4) is 6.07 Å². The van der Waals surface area contributed by atoms with Crippen molar-refractivity contribution in [2.75, 3.05) is 19.6 Å². The van der Waals surface area contributed by atoms with E-state index in [2.05, 4.69) is 71.7 Å². The number of benzene rings is 3. The van der Waals surface area contributed by atoms with Crippen molar-refractivity contribution in [3.63, 3.8) is 0 Å². The van der Waals surface area contributed by atoms with Crippen LogP contribution in [0.4, 0.5) is 13.2 Å². The zero-order chi connectivity index (χ0) is 25.8. The molecule has 0 N–H and O–H groups in total. The second-order valence-corrected chi connectivity index (χ2v) is 9.78. The van der Waals surface area contributed by atoms with Crippen LogP contribution in [0.15, 0.2) is 78.4 Å². The molecule has 0 amide bonds. The van der Waals surface area contributed by atoms with Crippen LogP contribution in [0.25, 0.3) is 17.7 Å². The summed E-state index contributed by atoms with van der Waals surface area (Å²) >= 11 is 0. The van der Waals surface area contributed by atoms with E-state index >= 15 is 0 Å². The summed E-state index contributed by atoms with van der Waals surface area (Å²) < 4.78 is 39.3. The molecule has 0 radical (unpaired) electrons. The number of hydrogen-bond donors (Lipinski definition) is 0. The van der Waals surface area contributed by atoms with Crippen molar-refractivity contribution in [3.05, 3.63) is 112 Å². The second kappa shape index (κ2) is 12.0. The number of fused-ring (bicyclic) bond motifs is 2. The lowest BCUT2D eigenvalue weighted by Gasteiger charge is -2.30. The fourth-order valence-corrected chi connectivity index (χ4v) is 5.50. The third kappa shape index (κ3) is 6.04. The van der Waals surface area contributed by atoms with Gasteiger partial charge < -0.3 is 4.90 Å². The fourth-order valence-electron chi connectivity index (χ4n) is 5.50. The Hall–Kier alpha value is -3.33. The van der Waals surface area contributed by atoms with Crippen LogP contribution >= 0.6 is 12.4 Å². The monoisotopic (exact) mass is 534 g/mol. The summed E-state index contributed by atoms with van der Waals surface area (Å²) in [7, 11) is 0. The lowest BCUT2D eigenvalue weighted by molar-refractivity contribution is -0.137. The van der Waals surface area contributed by atoms with Crippen LogP contribution in [0.2, 0.25) is 0 Å². The van der Waals surface area contributed by atoms with Crippen molar-refractivity contribution in [1.82, 2.24) is 4.90 Å². The topological polar surface area (TPSA) is 27.0 Å². The van der Waals surface area contributed by atoms with E-state index in [1.54, 1.807) is 6.07 Å². The summed E-state index contributed by atoms with van der Waals surface area (Å²) in [5.41, 5.74) is 7.61. The molecule has 1 atom stereocenters. The van der Waals surface area contributed by atoms with Gasteiger partial charge in [0.2, 0.25) is 0 Å². The first-order valence-corrected chi connectivity index (χ1v) is 12.8. The molecule has 3 aromatic rings. The number of halogens is 4. The highest BCUT2D eigenvalue weighted by Crippen LogP contribution is 2.39. The summed E-state index contributed by atoms with van der Waals surface area (Å²) in [4.78, 5) is 2.41. The molecule has 0 bridgehead atoms. The minimum atomic E-state index is -4.40. The van der Waals surface area contributed by atoms with E-state index in [-0.39, 0.29) is 12.4 Å². The summed E-state index contributed by atoms with van der Waals surface area (Å²) in [5, 5.41) is 9.62. The van der Waals surface area contributed by atoms with Crippen LogP contribution in [0.3, 0.4) is 0 Å². The highest BCUT2D eigenvalue weighted by atomic mass is 35.5. The van der Waals surface area contributed by atoms with Gasteiger partial charge in [0.1, 0.15) is 0 Å². The van der Waals surface area contributed by atoms with Gasteiger partial charge >= 0.3 is 6.18 Å². The van der Waals surface area contributed by atoms with E-state index in [1.165, 1.54) is 39.5 Å². The van der Waals surface area contributed by atoms with Crippen molar-refractivity contribution < 1.29 is 13.2 Å². The third-order valence-electron chi connectivity index (χ3n) is 7.46. The van der Waals surface area contributed by atoms with Gasteiger partial charge in [-0.05, 0) is 71.7 Å². The maximum Gasteiger partial charge on any atom is 0.416 e. The predicted octanol–water partition coefficient (Wildman–Crippen LogP) is 8.60. The van der Waals surface area contributed by atoms with E-state index in [1.807, 2.05) is 0 Å². The Morgan fingerprint density at radius 2 is 1.45 bits per heavy atom. The molecule has 0 saturated carbocycles. The molecule has 0 aromatic heterocycles. The van der Waals surface area contributed by atoms with Crippen LogP contribution in [-0.4, -0.2) is 24.5 Å². The number of piperidine rings is 1. The second-order valence-electron chi connectivity index (χ2n) is 9.78. The van der Waals surface area contributed by atoms with Crippen LogP contribution in [0.5, 0.6) is 0 Å². The van der Waals surface area contributed by atoms with Crippen LogP contribution in [-0.2, 0) is 6.18 Å². The van der Waals surface area contributed by atoms with Crippen molar-refractivity contribution in [2.45, 2.75) is 37.8 Å². The average Bonchev–Trinajstić information content (AvgIpc) is 3.08. The van der Waals surface area contributed by atoms with E-state index in [0.717, 1.165) is 51.0 Å². The average molecular weight is 535 g/mol. The maximum atomic E-state index is 13.1. The lowest BCUT2D eigenvalue weighted by Crippen LogP contribution is -2.32. The van der Waals surface area contributed by atoms with Gasteiger partial charge in [0.05, 0.1) is 17.6 Å². The Labute approximate surface area is 228 Å². The molecule has 5 rings (SSSR count). The molecule has 1 unspecified atom stereocenters. The van der Waals surface area contributed by atoms with Crippen molar-refractivity contribution in [2.24, 2.45) is 0 Å². The summed E-state index contributed by atoms with van der Waals surface area (Å²) in [6.07, 6.45) is 3.29. The van der Waals surface area contributed by atoms with E-state index in [0.29, 0.717) is 12.0 Å². The molecule has 2 aliphatic rings. The molecule has 1 aliphatic carbocycles. The highest BCUT2D eigenvalue weighted by Gasteiger charge is 2.31. The first kappa shape index (κ1) is 27.7. The zero-order valence-electron chi connectivity index (χ0n) is 21.0. The molecule has 2 nitrogen and oxygen atoms in total. The molecule has 3 aromatic carbocycles. The van der Waals surface area contributed by atoms with Crippen molar-refractivity contribution in [1.29, 1.82) is 5.26 Å². The maximum absolute atomic E-state index is 13.1. The molecule has 1 fully saturated rings. The summed E-state index contributed by atoms with van der Waals surface area (Å²) in [5.74, 6) is -0.531. The molecular weight excluding hydrogens is 505 g/mol. The van der Waals surface area contributed by atoms with Gasteiger partial charge in [0.15, 0.2) is 0 Å². The fraction of sp³-hybridized carbons (Fsp3) is 0.281. The Kier molecular flexibility index (Phi) is 8.76. The number of alkyl halides is 3. The van der Waals surface area contributed by atoms with E-state index in [4.69, 9.17) is 0 Å². The number of rotatable bonds is 5. The number of likely N-dealkylation sites (tertiary alicyclic amines) is 1. The molecule has 6 heteroatoms. The van der Waals surface area contributed by atoms with Gasteiger partial charge in [0.25, 0.3) is 0 Å². The van der Waals surface area contributed by atoms with Gasteiger partial charge in [-0.25, -0.2) is 0 Å². The van der Waals surface area contributed by atoms with Gasteiger partial charge in [0, 0.05) is 13.1 Å². The minimum Gasteiger partial charge on any atom is -0.303 e. The smallest absolute Gasteiger partial charge is 0.303 e. The highest BCUT2D eigenvalue weighted by molar-refractivity contribution is 5.94. The quantitative estimate of drug-likeness (QED) is 0.256. The van der Waals surface area contributed by atoms with Gasteiger partial charge in [-0.3, -0.25) is 0 Å². The standard InChI is InChI=1S/C32H29F3N2.ClH/c33-32(34,35)28-11-5-9-26(21-28)27(22-36)10-6-18-37-19-16-25(17-20-37)31-29-12-3-1-7-23(29)14-15-24-8-2-4-13-30(24)31;/h1-5,7-9,11-15,21,27H,6,10,16-20H2;1H. The van der Waals surface area contributed by atoms with E-state index in [9.17, 15) is 18.4 Å². The normalized spacial score (nSPS) is 16.1. The number of nitriles is 1. The van der Waals surface area contributed by atoms with Gasteiger partial charge in [-0.2, -0.15) is 18.4 Å². The molecule has 1 saturated heterocycles. The molecular formula is C32H30ClF3N2. The van der Waals surface area contributed by atoms with Gasteiger partial charge in [-0.1, -0.05) is 84.5 Å². The van der Waals surface area contributed by atoms with Crippen LogP contribution < -0.4 is 0 Å². The Balaban J connectivity index is 0.00000336. The zero-order valence-corrected chi connectivity index (χ0v) is 21.9. The first-order chi connectivity index (χ1) is 17.9. The van der Waals surface area contributed by atoms with Gasteiger partial charge in [-0.15, -0.1) is 12.4 Å². The number of nitrogens with zero attached hydrogens (tertiary/aromatic N) is 2. The number of hydrogen-bond acceptors (Lipinski definition) is 2. The first-order valence-electron chi connectivity index (χ1n) is 12.8. The molecule has 1 heterocycles. The van der Waals surface area contributed by atoms with E-state index < -0.39 is 17.7 Å². The third-order valence-corrected chi connectivity index (χ3v) is 7.46.